The summed E-state index contributed by atoms with van der Waals surface area (Å²) in [6.45, 7) is 0. The molecule has 8 heteroatoms. The van der Waals surface area contributed by atoms with Crippen LogP contribution in [0.1, 0.15) is 0 Å². The van der Waals surface area contributed by atoms with E-state index in [1.165, 1.54) is 6.20 Å². The minimum atomic E-state index is -4.24. The summed E-state index contributed by atoms with van der Waals surface area (Å²) >= 11 is 0. The quantitative estimate of drug-likeness (QED) is 0.896. The van der Waals surface area contributed by atoms with Gasteiger partial charge in [-0.2, -0.15) is 0 Å². The minimum Gasteiger partial charge on any atom is -0.366 e. The maximum absolute atomic E-state index is 13.3. The molecule has 100 valence electrons. The van der Waals surface area contributed by atoms with Gasteiger partial charge in [-0.15, -0.1) is 0 Å². The zero-order valence-corrected chi connectivity index (χ0v) is 10.2. The SMILES string of the molecule is O=c1cc[nH]cc1S(=O)(=O)Nc1ccc(F)cc1F. The lowest BCUT2D eigenvalue weighted by atomic mass is 10.3. The topological polar surface area (TPSA) is 79.0 Å². The molecule has 0 unspecified atom stereocenters. The van der Waals surface area contributed by atoms with Crippen LogP contribution in [0.4, 0.5) is 14.5 Å². The molecule has 1 aromatic heterocycles. The van der Waals surface area contributed by atoms with Crippen molar-refractivity contribution in [1.82, 2.24) is 4.98 Å². The Bertz CT molecular complexity index is 772. The largest absolute Gasteiger partial charge is 0.366 e. The Labute approximate surface area is 107 Å². The van der Waals surface area contributed by atoms with Gasteiger partial charge in [0.1, 0.15) is 11.6 Å². The number of benzene rings is 1. The maximum Gasteiger partial charge on any atom is 0.267 e. The summed E-state index contributed by atoms with van der Waals surface area (Å²) in [5, 5.41) is 0. The molecule has 1 heterocycles. The standard InChI is InChI=1S/C11H8F2N2O3S/c12-7-1-2-9(8(13)5-7)15-19(17,18)11-6-14-4-3-10(11)16/h1-6,15H,(H,14,16). The summed E-state index contributed by atoms with van der Waals surface area (Å²) < 4.78 is 51.7. The van der Waals surface area contributed by atoms with Gasteiger partial charge in [-0.05, 0) is 12.1 Å². The molecule has 2 N–H and O–H groups in total. The second kappa shape index (κ2) is 4.81. The highest BCUT2D eigenvalue weighted by Gasteiger charge is 2.19. The third kappa shape index (κ3) is 2.79. The molecule has 0 aliphatic heterocycles. The van der Waals surface area contributed by atoms with Crippen LogP contribution in [0.25, 0.3) is 0 Å². The number of hydrogen-bond acceptors (Lipinski definition) is 3. The lowest BCUT2D eigenvalue weighted by Crippen LogP contribution is -2.21. The van der Waals surface area contributed by atoms with Gasteiger partial charge in [0, 0.05) is 24.5 Å². The zero-order valence-electron chi connectivity index (χ0n) is 9.35. The summed E-state index contributed by atoms with van der Waals surface area (Å²) in [4.78, 5) is 13.3. The van der Waals surface area contributed by atoms with E-state index in [4.69, 9.17) is 0 Å². The van der Waals surface area contributed by atoms with Gasteiger partial charge >= 0.3 is 0 Å². The summed E-state index contributed by atoms with van der Waals surface area (Å²) in [5.74, 6) is -1.91. The molecule has 0 atom stereocenters. The molecule has 0 bridgehead atoms. The number of anilines is 1. The van der Waals surface area contributed by atoms with E-state index in [-0.39, 0.29) is 0 Å². The predicted molar refractivity (Wildman–Crippen MR) is 64.2 cm³/mol. The van der Waals surface area contributed by atoms with E-state index in [2.05, 4.69) is 4.98 Å². The van der Waals surface area contributed by atoms with Crippen LogP contribution >= 0.6 is 0 Å². The molecule has 0 amide bonds. The molecule has 5 nitrogen and oxygen atoms in total. The number of sulfonamides is 1. The first-order valence-corrected chi connectivity index (χ1v) is 6.53. The summed E-state index contributed by atoms with van der Waals surface area (Å²) in [7, 11) is -4.24. The van der Waals surface area contributed by atoms with E-state index in [9.17, 15) is 22.0 Å². The van der Waals surface area contributed by atoms with Crippen molar-refractivity contribution in [3.63, 3.8) is 0 Å². The third-order valence-electron chi connectivity index (χ3n) is 2.25. The van der Waals surface area contributed by atoms with E-state index in [1.54, 1.807) is 0 Å². The maximum atomic E-state index is 13.3. The molecule has 1 aromatic carbocycles. The Balaban J connectivity index is 2.43. The number of aromatic amines is 1. The van der Waals surface area contributed by atoms with Gasteiger partial charge in [0.25, 0.3) is 10.0 Å². The molecule has 2 aromatic rings. The van der Waals surface area contributed by atoms with Gasteiger partial charge in [-0.25, -0.2) is 17.2 Å². The van der Waals surface area contributed by atoms with Gasteiger partial charge in [0.15, 0.2) is 4.90 Å². The van der Waals surface area contributed by atoms with Crippen molar-refractivity contribution < 1.29 is 17.2 Å². The Kier molecular flexibility index (Phi) is 3.34. The van der Waals surface area contributed by atoms with Crippen LogP contribution in [-0.2, 0) is 10.0 Å². The number of pyridine rings is 1. The van der Waals surface area contributed by atoms with E-state index < -0.39 is 37.7 Å². The molecule has 0 fully saturated rings. The summed E-state index contributed by atoms with van der Waals surface area (Å²) in [5.41, 5.74) is -1.18. The highest BCUT2D eigenvalue weighted by atomic mass is 32.2. The number of aromatic nitrogens is 1. The highest BCUT2D eigenvalue weighted by Crippen LogP contribution is 2.18. The molecule has 0 aliphatic carbocycles. The third-order valence-corrected chi connectivity index (χ3v) is 3.64. The molecule has 19 heavy (non-hydrogen) atoms. The molecule has 0 saturated heterocycles. The van der Waals surface area contributed by atoms with E-state index in [0.717, 1.165) is 24.4 Å². The zero-order chi connectivity index (χ0) is 14.0. The van der Waals surface area contributed by atoms with Crippen molar-refractivity contribution in [1.29, 1.82) is 0 Å². The Morgan fingerprint density at radius 1 is 1.16 bits per heavy atom. The first-order chi connectivity index (χ1) is 8.90. The average Bonchev–Trinajstić information content (AvgIpc) is 2.33. The predicted octanol–water partition coefficient (Wildman–Crippen LogP) is 1.45. The Hall–Kier alpha value is -2.22. The molecule has 0 spiro atoms. The van der Waals surface area contributed by atoms with Gasteiger partial charge in [-0.3, -0.25) is 9.52 Å². The van der Waals surface area contributed by atoms with Crippen molar-refractivity contribution in [3.8, 4) is 0 Å². The fraction of sp³-hybridized carbons (Fsp3) is 0. The number of H-pyrrole nitrogens is 1. The van der Waals surface area contributed by atoms with E-state index in [0.29, 0.717) is 6.07 Å². The van der Waals surface area contributed by atoms with Crippen molar-refractivity contribution in [3.05, 3.63) is 58.5 Å². The van der Waals surface area contributed by atoms with Crippen LogP contribution in [0.5, 0.6) is 0 Å². The first kappa shape index (κ1) is 13.2. The molecule has 0 saturated carbocycles. The monoisotopic (exact) mass is 286 g/mol. The van der Waals surface area contributed by atoms with Crippen LogP contribution in [0, 0.1) is 11.6 Å². The van der Waals surface area contributed by atoms with Gasteiger partial charge in [0.05, 0.1) is 5.69 Å². The number of rotatable bonds is 3. The van der Waals surface area contributed by atoms with Crippen LogP contribution in [0.2, 0.25) is 0 Å². The van der Waals surface area contributed by atoms with Crippen molar-refractivity contribution >= 4 is 15.7 Å². The van der Waals surface area contributed by atoms with E-state index in [1.807, 2.05) is 4.72 Å². The lowest BCUT2D eigenvalue weighted by molar-refractivity contribution is 0.582. The summed E-state index contributed by atoms with van der Waals surface area (Å²) in [6, 6.07) is 3.39. The fourth-order valence-corrected chi connectivity index (χ4v) is 2.50. The van der Waals surface area contributed by atoms with Crippen LogP contribution in [0.15, 0.2) is 46.3 Å². The number of hydrogen-bond donors (Lipinski definition) is 2. The van der Waals surface area contributed by atoms with Gasteiger partial charge < -0.3 is 4.98 Å². The molecular weight excluding hydrogens is 278 g/mol. The van der Waals surface area contributed by atoms with Crippen LogP contribution in [0.3, 0.4) is 0 Å². The van der Waals surface area contributed by atoms with Crippen LogP contribution < -0.4 is 10.2 Å². The summed E-state index contributed by atoms with van der Waals surface area (Å²) in [6.07, 6.45) is 2.24. The van der Waals surface area contributed by atoms with Gasteiger partial charge in [-0.1, -0.05) is 0 Å². The highest BCUT2D eigenvalue weighted by molar-refractivity contribution is 7.92. The fourth-order valence-electron chi connectivity index (χ4n) is 1.38. The van der Waals surface area contributed by atoms with Crippen molar-refractivity contribution in [2.75, 3.05) is 4.72 Å². The first-order valence-electron chi connectivity index (χ1n) is 5.05. The van der Waals surface area contributed by atoms with Crippen molar-refractivity contribution in [2.24, 2.45) is 0 Å². The molecule has 0 aliphatic rings. The molecular formula is C11H8F2N2O3S. The molecule has 0 radical (unpaired) electrons. The second-order valence-corrected chi connectivity index (χ2v) is 5.25. The normalized spacial score (nSPS) is 11.3. The lowest BCUT2D eigenvalue weighted by Gasteiger charge is -2.08. The Morgan fingerprint density at radius 2 is 1.89 bits per heavy atom. The second-order valence-electron chi connectivity index (χ2n) is 3.60. The molecule has 2 rings (SSSR count). The minimum absolute atomic E-state index is 0.440. The van der Waals surface area contributed by atoms with Crippen molar-refractivity contribution in [2.45, 2.75) is 4.90 Å². The number of nitrogens with one attached hydrogen (secondary N) is 2. The smallest absolute Gasteiger partial charge is 0.267 e. The Morgan fingerprint density at radius 3 is 2.53 bits per heavy atom. The average molecular weight is 286 g/mol. The van der Waals surface area contributed by atoms with Gasteiger partial charge in [0.2, 0.25) is 5.43 Å². The van der Waals surface area contributed by atoms with E-state index >= 15 is 0 Å². The van der Waals surface area contributed by atoms with Crippen LogP contribution in [-0.4, -0.2) is 13.4 Å². The number of halogens is 2.